The average molecular weight is 805 g/mol. The van der Waals surface area contributed by atoms with Crippen molar-refractivity contribution in [3.05, 3.63) is 35.5 Å². The van der Waals surface area contributed by atoms with Crippen molar-refractivity contribution in [2.24, 2.45) is 63.1 Å². The van der Waals surface area contributed by atoms with Crippen molar-refractivity contribution in [2.75, 3.05) is 6.61 Å². The molecular weight excluding hydrogens is 736 g/mol. The Hall–Kier alpha value is -2.49. The van der Waals surface area contributed by atoms with Crippen LogP contribution in [0.15, 0.2) is 35.5 Å². The van der Waals surface area contributed by atoms with E-state index in [1.165, 1.54) is 69.1 Å². The van der Waals surface area contributed by atoms with E-state index in [1.54, 1.807) is 26.8 Å². The Morgan fingerprint density at radius 1 is 0.862 bits per heavy atom. The minimum absolute atomic E-state index is 0.0579. The number of hydrogen-bond acceptors (Lipinski definition) is 8. The van der Waals surface area contributed by atoms with E-state index in [-0.39, 0.29) is 41.0 Å². The number of ether oxygens (including phenoxy) is 1. The number of rotatable bonds is 6. The van der Waals surface area contributed by atoms with Crippen molar-refractivity contribution >= 4 is 23.3 Å². The lowest BCUT2D eigenvalue weighted by molar-refractivity contribution is -0.219. The van der Waals surface area contributed by atoms with E-state index >= 15 is 4.39 Å². The Morgan fingerprint density at radius 3 is 2.31 bits per heavy atom. The van der Waals surface area contributed by atoms with Gasteiger partial charge in [0.1, 0.15) is 18.3 Å². The quantitative estimate of drug-likeness (QED) is 0.228. The van der Waals surface area contributed by atoms with Gasteiger partial charge in [0.05, 0.1) is 6.10 Å². The molecule has 320 valence electrons. The van der Waals surface area contributed by atoms with Crippen LogP contribution in [0.3, 0.4) is 0 Å². The third-order valence-electron chi connectivity index (χ3n) is 19.2. The number of esters is 1. The number of aliphatic hydroxyl groups excluding tert-OH is 2. The van der Waals surface area contributed by atoms with Gasteiger partial charge in [0, 0.05) is 35.0 Å². The Balaban J connectivity index is 0.000000162. The highest BCUT2D eigenvalue weighted by molar-refractivity contribution is 6.01. The highest BCUT2D eigenvalue weighted by Gasteiger charge is 2.75. The van der Waals surface area contributed by atoms with E-state index in [0.717, 1.165) is 43.9 Å². The first-order valence-corrected chi connectivity index (χ1v) is 23.0. The van der Waals surface area contributed by atoms with E-state index in [1.807, 2.05) is 6.08 Å². The second-order valence-electron chi connectivity index (χ2n) is 21.5. The number of Topliss-reactive ketones (excluding diaryl/α,β-unsaturated/α-hetero) is 1. The highest BCUT2D eigenvalue weighted by atomic mass is 19.1. The summed E-state index contributed by atoms with van der Waals surface area (Å²) >= 11 is 0. The molecule has 0 aromatic rings. The first-order valence-electron chi connectivity index (χ1n) is 23.0. The summed E-state index contributed by atoms with van der Waals surface area (Å²) in [4.78, 5) is 49.1. The van der Waals surface area contributed by atoms with Crippen molar-refractivity contribution < 1.29 is 43.6 Å². The molecule has 3 N–H and O–H groups in total. The van der Waals surface area contributed by atoms with Crippen molar-refractivity contribution in [3.63, 3.8) is 0 Å². The summed E-state index contributed by atoms with van der Waals surface area (Å²) in [5.41, 5.74) is -3.34. The average Bonchev–Trinajstić information content (AvgIpc) is 3.88. The number of alkyl halides is 1. The Morgan fingerprint density at radius 2 is 1.59 bits per heavy atom. The molecule has 0 spiro atoms. The van der Waals surface area contributed by atoms with Gasteiger partial charge in [0.25, 0.3) is 0 Å². The molecule has 9 rings (SSSR count). The zero-order valence-corrected chi connectivity index (χ0v) is 35.7. The summed E-state index contributed by atoms with van der Waals surface area (Å²) < 4.78 is 23.0. The second-order valence-corrected chi connectivity index (χ2v) is 21.5. The van der Waals surface area contributed by atoms with Crippen molar-refractivity contribution in [2.45, 2.75) is 174 Å². The molecule has 0 amide bonds. The van der Waals surface area contributed by atoms with Crippen molar-refractivity contribution in [3.8, 4) is 0 Å². The van der Waals surface area contributed by atoms with Crippen LogP contribution in [-0.2, 0) is 23.9 Å². The maximum atomic E-state index is 16.9. The molecule has 0 aliphatic heterocycles. The molecule has 9 aliphatic carbocycles. The number of ketones is 3. The van der Waals surface area contributed by atoms with Crippen LogP contribution in [0.25, 0.3) is 0 Å². The fraction of sp³-hybridized carbons (Fsp3) is 0.796. The fourth-order valence-electron chi connectivity index (χ4n) is 15.8. The van der Waals surface area contributed by atoms with Crippen molar-refractivity contribution in [1.29, 1.82) is 0 Å². The molecule has 0 aromatic heterocycles. The van der Waals surface area contributed by atoms with Crippen LogP contribution in [0.4, 0.5) is 4.39 Å². The number of carbonyl (C=O) groups is 4. The van der Waals surface area contributed by atoms with Crippen LogP contribution in [0.2, 0.25) is 0 Å². The van der Waals surface area contributed by atoms with Crippen molar-refractivity contribution in [1.82, 2.24) is 0 Å². The van der Waals surface area contributed by atoms with E-state index in [9.17, 15) is 34.5 Å². The minimum Gasteiger partial charge on any atom is -0.462 e. The lowest BCUT2D eigenvalue weighted by Gasteiger charge is -2.62. The van der Waals surface area contributed by atoms with E-state index < -0.39 is 52.4 Å². The van der Waals surface area contributed by atoms with Crippen LogP contribution in [0, 0.1) is 63.1 Å². The lowest BCUT2D eigenvalue weighted by Crippen LogP contribution is -2.69. The summed E-state index contributed by atoms with van der Waals surface area (Å²) in [6, 6.07) is 0. The van der Waals surface area contributed by atoms with Crippen LogP contribution < -0.4 is 0 Å². The predicted octanol–water partition coefficient (Wildman–Crippen LogP) is 8.30. The van der Waals surface area contributed by atoms with Crippen LogP contribution in [0.5, 0.6) is 0 Å². The van der Waals surface area contributed by atoms with Gasteiger partial charge in [-0.25, -0.2) is 4.39 Å². The molecule has 58 heavy (non-hydrogen) atoms. The molecule has 9 aliphatic rings. The molecule has 7 fully saturated rings. The molecule has 0 radical (unpaired) electrons. The summed E-state index contributed by atoms with van der Waals surface area (Å²) in [5, 5.41) is 32.0. The monoisotopic (exact) mass is 804 g/mol. The van der Waals surface area contributed by atoms with Gasteiger partial charge < -0.3 is 20.1 Å². The maximum absolute atomic E-state index is 16.9. The van der Waals surface area contributed by atoms with Gasteiger partial charge in [-0.15, -0.1) is 0 Å². The van der Waals surface area contributed by atoms with Crippen LogP contribution in [-0.4, -0.2) is 68.7 Å². The Labute approximate surface area is 344 Å². The molecule has 0 saturated heterocycles. The van der Waals surface area contributed by atoms with Gasteiger partial charge in [0.2, 0.25) is 0 Å². The Bertz CT molecular complexity index is 1790. The molecule has 9 heteroatoms. The zero-order valence-electron chi connectivity index (χ0n) is 35.7. The number of allylic oxidation sites excluding steroid dienone is 5. The summed E-state index contributed by atoms with van der Waals surface area (Å²) in [7, 11) is 0. The topological polar surface area (TPSA) is 138 Å². The number of fused-ring (bicyclic) bond motifs is 10. The number of hydrogen-bond donors (Lipinski definition) is 3. The number of carbonyl (C=O) groups excluding carboxylic acids is 4. The van der Waals surface area contributed by atoms with Crippen LogP contribution >= 0.6 is 0 Å². The minimum atomic E-state index is -1.98. The van der Waals surface area contributed by atoms with Gasteiger partial charge in [-0.05, 0) is 143 Å². The fourth-order valence-corrected chi connectivity index (χ4v) is 15.8. The summed E-state index contributed by atoms with van der Waals surface area (Å²) in [6.45, 7) is 9.35. The standard InChI is InChI=1S/C27H40O3.C22H29FO5/c1-26-15-13-20(28)17-19(26)8-9-21-22-10-11-24(27(22,2)16-14-23(21)26)30-25(29)12-7-18-5-3-4-6-18;1-12-8-16-15-5-4-13-9-14(25)6-7-19(13,2)21(15,23)17(26)10-20(16,3)22(12,28)18(27)11-24/h17-18,21-24H,3-16H2,1-2H3;6-7,9,12,15-17,24,26,28H,4-5,8,10-11H2,1-3H3/t21-,22-,23-,24-,26-,27-;12-,15+,16+,17+,19+,20+,21+,22+/m01/s1. The maximum Gasteiger partial charge on any atom is 0.306 e. The zero-order chi connectivity index (χ0) is 41.6. The van der Waals surface area contributed by atoms with Gasteiger partial charge in [-0.2, -0.15) is 0 Å². The molecule has 0 heterocycles. The third kappa shape index (κ3) is 6.10. The molecular formula is C49H69FO8. The summed E-state index contributed by atoms with van der Waals surface area (Å²) in [5.74, 6) is 1.16. The van der Waals surface area contributed by atoms with E-state index in [0.29, 0.717) is 48.9 Å². The van der Waals surface area contributed by atoms with Gasteiger partial charge >= 0.3 is 5.97 Å². The predicted molar refractivity (Wildman–Crippen MR) is 218 cm³/mol. The first-order chi connectivity index (χ1) is 27.4. The second kappa shape index (κ2) is 14.9. The highest BCUT2D eigenvalue weighted by Crippen LogP contribution is 2.71. The normalized spacial score (nSPS) is 47.9. The molecule has 0 unspecified atom stereocenters. The van der Waals surface area contributed by atoms with Gasteiger partial charge in [0.15, 0.2) is 23.0 Å². The number of halogens is 1. The molecule has 7 saturated carbocycles. The first kappa shape index (κ1) is 42.2. The molecule has 8 nitrogen and oxygen atoms in total. The lowest BCUT2D eigenvalue weighted by atomic mass is 9.44. The van der Waals surface area contributed by atoms with E-state index in [2.05, 4.69) is 13.8 Å². The molecule has 0 bridgehead atoms. The largest absolute Gasteiger partial charge is 0.462 e. The van der Waals surface area contributed by atoms with Gasteiger partial charge in [-0.3, -0.25) is 19.2 Å². The number of aliphatic hydroxyl groups is 3. The van der Waals surface area contributed by atoms with Crippen LogP contribution in [0.1, 0.15) is 150 Å². The SMILES string of the molecule is C[C@@H]1C[C@H]2[C@@H]3CCC4=CC(=O)C=C[C@]4(C)[C@@]3(F)[C@@H](O)C[C@]2(C)[C@@]1(O)C(=O)CO.C[C@]12CC[C@H]3[C@@H](CCC4=CC(=O)CC[C@@]43C)[C@@H]1CC[C@@H]2OC(=O)CCC1CCCC1. The van der Waals surface area contributed by atoms with Gasteiger partial charge in [-0.1, -0.05) is 70.6 Å². The Kier molecular flexibility index (Phi) is 10.8. The molecule has 14 atom stereocenters. The smallest absolute Gasteiger partial charge is 0.306 e. The van der Waals surface area contributed by atoms with E-state index in [4.69, 9.17) is 4.74 Å². The third-order valence-corrected chi connectivity index (χ3v) is 19.2. The molecule has 0 aromatic carbocycles. The summed E-state index contributed by atoms with van der Waals surface area (Å²) in [6.07, 6.45) is 22.3.